The van der Waals surface area contributed by atoms with Crippen LogP contribution in [0.2, 0.25) is 0 Å². The number of pyridine rings is 1. The van der Waals surface area contributed by atoms with Crippen molar-refractivity contribution in [2.75, 3.05) is 12.4 Å². The van der Waals surface area contributed by atoms with Crippen LogP contribution >= 0.6 is 0 Å². The lowest BCUT2D eigenvalue weighted by atomic mass is 10.0. The van der Waals surface area contributed by atoms with Gasteiger partial charge in [0.2, 0.25) is 0 Å². The molecule has 17 heavy (non-hydrogen) atoms. The summed E-state index contributed by atoms with van der Waals surface area (Å²) in [7, 11) is 1.88. The average Bonchev–Trinajstić information content (AvgIpc) is 2.37. The van der Waals surface area contributed by atoms with E-state index in [-0.39, 0.29) is 0 Å². The van der Waals surface area contributed by atoms with E-state index in [0.717, 1.165) is 34.8 Å². The summed E-state index contributed by atoms with van der Waals surface area (Å²) < 4.78 is 0. The summed E-state index contributed by atoms with van der Waals surface area (Å²) in [6.45, 7) is 4.09. The second-order valence-corrected chi connectivity index (χ2v) is 3.84. The molecule has 0 atom stereocenters. The zero-order valence-electron chi connectivity index (χ0n) is 10.4. The molecular weight excluding hydrogens is 212 g/mol. The van der Waals surface area contributed by atoms with Crippen LogP contribution < -0.4 is 5.32 Å². The molecule has 1 N–H and O–H groups in total. The quantitative estimate of drug-likeness (QED) is 0.876. The molecule has 0 aliphatic heterocycles. The zero-order valence-corrected chi connectivity index (χ0v) is 10.4. The monoisotopic (exact) mass is 228 g/mol. The van der Waals surface area contributed by atoms with Gasteiger partial charge in [-0.15, -0.1) is 0 Å². The molecule has 0 saturated carbocycles. The van der Waals surface area contributed by atoms with Crippen LogP contribution in [0.3, 0.4) is 0 Å². The van der Waals surface area contributed by atoms with E-state index in [4.69, 9.17) is 0 Å². The molecule has 2 aromatic heterocycles. The normalized spacial score (nSPS) is 10.3. The predicted octanol–water partition coefficient (Wildman–Crippen LogP) is 2.45. The van der Waals surface area contributed by atoms with Gasteiger partial charge >= 0.3 is 0 Å². The van der Waals surface area contributed by atoms with Crippen molar-refractivity contribution in [1.29, 1.82) is 0 Å². The highest BCUT2D eigenvalue weighted by molar-refractivity contribution is 5.68. The minimum absolute atomic E-state index is 0.895. The zero-order chi connectivity index (χ0) is 12.3. The Morgan fingerprint density at radius 1 is 1.24 bits per heavy atom. The molecule has 0 aliphatic rings. The van der Waals surface area contributed by atoms with Crippen LogP contribution in [0, 0.1) is 6.92 Å². The third-order valence-electron chi connectivity index (χ3n) is 2.71. The van der Waals surface area contributed by atoms with Crippen molar-refractivity contribution in [2.24, 2.45) is 0 Å². The summed E-state index contributed by atoms with van der Waals surface area (Å²) in [5.41, 5.74) is 4.21. The lowest BCUT2D eigenvalue weighted by Crippen LogP contribution is -2.02. The van der Waals surface area contributed by atoms with Gasteiger partial charge < -0.3 is 5.32 Å². The van der Waals surface area contributed by atoms with Gasteiger partial charge in [0.25, 0.3) is 0 Å². The number of rotatable bonds is 3. The molecule has 0 spiro atoms. The summed E-state index contributed by atoms with van der Waals surface area (Å²) in [4.78, 5) is 12.8. The summed E-state index contributed by atoms with van der Waals surface area (Å²) >= 11 is 0. The van der Waals surface area contributed by atoms with E-state index in [1.807, 2.05) is 32.3 Å². The van der Waals surface area contributed by atoms with Crippen LogP contribution in [0.4, 0.5) is 5.82 Å². The molecular formula is C13H16N4. The third-order valence-corrected chi connectivity index (χ3v) is 2.71. The van der Waals surface area contributed by atoms with Crippen LogP contribution in [-0.4, -0.2) is 22.0 Å². The number of hydrogen-bond donors (Lipinski definition) is 1. The minimum atomic E-state index is 0.895. The van der Waals surface area contributed by atoms with E-state index in [1.54, 1.807) is 6.33 Å². The van der Waals surface area contributed by atoms with Crippen molar-refractivity contribution in [3.8, 4) is 11.3 Å². The van der Waals surface area contributed by atoms with Gasteiger partial charge in [-0.1, -0.05) is 6.92 Å². The minimum Gasteiger partial charge on any atom is -0.373 e. The molecule has 0 unspecified atom stereocenters. The Morgan fingerprint density at radius 2 is 2.06 bits per heavy atom. The highest BCUT2D eigenvalue weighted by Crippen LogP contribution is 2.25. The Labute approximate surface area is 101 Å². The second-order valence-electron chi connectivity index (χ2n) is 3.84. The lowest BCUT2D eigenvalue weighted by molar-refractivity contribution is 1.05. The highest BCUT2D eigenvalue weighted by atomic mass is 15.0. The molecule has 4 nitrogen and oxygen atoms in total. The van der Waals surface area contributed by atoms with E-state index < -0.39 is 0 Å². The summed E-state index contributed by atoms with van der Waals surface area (Å²) in [5.74, 6) is 0.895. The molecule has 0 aliphatic carbocycles. The van der Waals surface area contributed by atoms with E-state index >= 15 is 0 Å². The fourth-order valence-corrected chi connectivity index (χ4v) is 1.90. The Balaban J connectivity index is 2.59. The topological polar surface area (TPSA) is 50.7 Å². The van der Waals surface area contributed by atoms with Crippen LogP contribution in [0.25, 0.3) is 11.3 Å². The van der Waals surface area contributed by atoms with Crippen LogP contribution in [0.1, 0.15) is 18.2 Å². The SMILES string of the molecule is CCc1c(NC)ncnc1-c1ccnc(C)c1. The number of hydrogen-bond acceptors (Lipinski definition) is 4. The van der Waals surface area contributed by atoms with Crippen LogP contribution in [0.15, 0.2) is 24.7 Å². The number of aryl methyl sites for hydroxylation is 1. The van der Waals surface area contributed by atoms with Crippen molar-refractivity contribution in [3.05, 3.63) is 35.9 Å². The fourth-order valence-electron chi connectivity index (χ4n) is 1.90. The highest BCUT2D eigenvalue weighted by Gasteiger charge is 2.10. The van der Waals surface area contributed by atoms with E-state index in [9.17, 15) is 0 Å². The maximum atomic E-state index is 4.39. The molecule has 2 heterocycles. The van der Waals surface area contributed by atoms with Gasteiger partial charge in [-0.25, -0.2) is 9.97 Å². The predicted molar refractivity (Wildman–Crippen MR) is 68.9 cm³/mol. The molecule has 2 aromatic rings. The van der Waals surface area contributed by atoms with Gasteiger partial charge in [0.05, 0.1) is 5.69 Å². The number of anilines is 1. The molecule has 88 valence electrons. The maximum absolute atomic E-state index is 4.39. The van der Waals surface area contributed by atoms with Gasteiger partial charge in [-0.2, -0.15) is 0 Å². The van der Waals surface area contributed by atoms with Gasteiger partial charge in [0, 0.05) is 30.1 Å². The first-order valence-electron chi connectivity index (χ1n) is 5.71. The molecule has 0 aromatic carbocycles. The summed E-state index contributed by atoms with van der Waals surface area (Å²) in [6.07, 6.45) is 4.30. The summed E-state index contributed by atoms with van der Waals surface area (Å²) in [5, 5.41) is 3.10. The molecule has 0 radical (unpaired) electrons. The maximum Gasteiger partial charge on any atom is 0.132 e. The standard InChI is InChI=1S/C13H16N4/c1-4-11-12(16-8-17-13(11)14-3)10-5-6-15-9(2)7-10/h5-8H,4H2,1-3H3,(H,14,16,17). The smallest absolute Gasteiger partial charge is 0.132 e. The van der Waals surface area contributed by atoms with Crippen molar-refractivity contribution >= 4 is 5.82 Å². The summed E-state index contributed by atoms with van der Waals surface area (Å²) in [6, 6.07) is 4.02. The van der Waals surface area contributed by atoms with Crippen molar-refractivity contribution in [1.82, 2.24) is 15.0 Å². The van der Waals surface area contributed by atoms with Gasteiger partial charge in [-0.05, 0) is 25.5 Å². The first kappa shape index (κ1) is 11.5. The Kier molecular flexibility index (Phi) is 3.32. The molecule has 2 rings (SSSR count). The van der Waals surface area contributed by atoms with E-state index in [2.05, 4.69) is 27.2 Å². The van der Waals surface area contributed by atoms with Gasteiger partial charge in [0.15, 0.2) is 0 Å². The Bertz CT molecular complexity index is 523. The van der Waals surface area contributed by atoms with E-state index in [1.165, 1.54) is 0 Å². The van der Waals surface area contributed by atoms with Crippen molar-refractivity contribution < 1.29 is 0 Å². The van der Waals surface area contributed by atoms with Crippen LogP contribution in [-0.2, 0) is 6.42 Å². The molecule has 0 amide bonds. The number of nitrogens with zero attached hydrogens (tertiary/aromatic N) is 3. The number of nitrogens with one attached hydrogen (secondary N) is 1. The Hall–Kier alpha value is -1.97. The first-order chi connectivity index (χ1) is 8.26. The van der Waals surface area contributed by atoms with Gasteiger partial charge in [0.1, 0.15) is 12.1 Å². The molecule has 0 bridgehead atoms. The third kappa shape index (κ3) is 2.25. The fraction of sp³-hybridized carbons (Fsp3) is 0.308. The molecule has 0 saturated heterocycles. The first-order valence-corrected chi connectivity index (χ1v) is 5.71. The second kappa shape index (κ2) is 4.91. The average molecular weight is 228 g/mol. The molecule has 0 fully saturated rings. The number of aromatic nitrogens is 3. The van der Waals surface area contributed by atoms with Crippen molar-refractivity contribution in [2.45, 2.75) is 20.3 Å². The van der Waals surface area contributed by atoms with Crippen molar-refractivity contribution in [3.63, 3.8) is 0 Å². The van der Waals surface area contributed by atoms with E-state index in [0.29, 0.717) is 0 Å². The molecule has 4 heteroatoms. The van der Waals surface area contributed by atoms with Gasteiger partial charge in [-0.3, -0.25) is 4.98 Å². The van der Waals surface area contributed by atoms with Crippen LogP contribution in [0.5, 0.6) is 0 Å². The lowest BCUT2D eigenvalue weighted by Gasteiger charge is -2.11. The Morgan fingerprint density at radius 3 is 2.71 bits per heavy atom. The largest absolute Gasteiger partial charge is 0.373 e.